The molecule has 9 heteroatoms. The van der Waals surface area contributed by atoms with Crippen LogP contribution in [-0.2, 0) is 17.6 Å². The minimum atomic E-state index is -0.179. The lowest BCUT2D eigenvalue weighted by atomic mass is 9.89. The van der Waals surface area contributed by atoms with Gasteiger partial charge in [-0.1, -0.05) is 18.7 Å². The number of benzene rings is 1. The number of nitrogens with zero attached hydrogens (tertiary/aromatic N) is 3. The molecule has 2 aromatic heterocycles. The van der Waals surface area contributed by atoms with Crippen LogP contribution in [0.25, 0.3) is 10.2 Å². The third-order valence-corrected chi connectivity index (χ3v) is 7.35. The van der Waals surface area contributed by atoms with Gasteiger partial charge in [-0.05, 0) is 54.5 Å². The Balaban J connectivity index is 1.23. The van der Waals surface area contributed by atoms with Gasteiger partial charge in [0.1, 0.15) is 16.2 Å². The van der Waals surface area contributed by atoms with E-state index >= 15 is 0 Å². The maximum atomic E-state index is 12.3. The third-order valence-electron chi connectivity index (χ3n) is 5.20. The van der Waals surface area contributed by atoms with Crippen molar-refractivity contribution < 1.29 is 14.3 Å². The first-order chi connectivity index (χ1) is 14.7. The molecule has 1 unspecified atom stereocenters. The van der Waals surface area contributed by atoms with E-state index in [1.54, 1.807) is 23.9 Å². The topological polar surface area (TPSA) is 85.7 Å². The van der Waals surface area contributed by atoms with Crippen LogP contribution < -0.4 is 14.9 Å². The molecule has 2 aliphatic rings. The molecule has 3 heterocycles. The summed E-state index contributed by atoms with van der Waals surface area (Å²) in [6, 6.07) is 5.51. The maximum absolute atomic E-state index is 12.3. The number of ether oxygens (including phenoxy) is 2. The van der Waals surface area contributed by atoms with Crippen LogP contribution in [-0.4, -0.2) is 34.6 Å². The molecule has 30 heavy (non-hydrogen) atoms. The number of nitrogens with one attached hydrogen (secondary N) is 1. The van der Waals surface area contributed by atoms with E-state index in [0.29, 0.717) is 17.4 Å². The highest BCUT2D eigenvalue weighted by molar-refractivity contribution is 8.00. The number of hydrazone groups is 1. The van der Waals surface area contributed by atoms with Crippen molar-refractivity contribution in [3.63, 3.8) is 0 Å². The summed E-state index contributed by atoms with van der Waals surface area (Å²) in [5.74, 6) is 2.17. The fourth-order valence-electron chi connectivity index (χ4n) is 3.69. The van der Waals surface area contributed by atoms with E-state index in [9.17, 15) is 4.79 Å². The summed E-state index contributed by atoms with van der Waals surface area (Å²) in [7, 11) is 0. The molecule has 0 saturated carbocycles. The van der Waals surface area contributed by atoms with Gasteiger partial charge >= 0.3 is 0 Å². The lowest BCUT2D eigenvalue weighted by Gasteiger charge is -2.18. The third kappa shape index (κ3) is 3.87. The average Bonchev–Trinajstić information content (AvgIpc) is 3.35. The second kappa shape index (κ2) is 8.23. The molecule has 3 aromatic rings. The van der Waals surface area contributed by atoms with Gasteiger partial charge in [0.25, 0.3) is 0 Å². The van der Waals surface area contributed by atoms with E-state index in [2.05, 4.69) is 27.4 Å². The van der Waals surface area contributed by atoms with E-state index in [1.165, 1.54) is 28.6 Å². The number of carbonyl (C=O) groups excluding carboxylic acids is 1. The lowest BCUT2D eigenvalue weighted by Crippen LogP contribution is -2.19. The molecule has 154 valence electrons. The predicted molar refractivity (Wildman–Crippen MR) is 118 cm³/mol. The Bertz CT molecular complexity index is 1140. The summed E-state index contributed by atoms with van der Waals surface area (Å²) in [5.41, 5.74) is 4.77. The quantitative estimate of drug-likeness (QED) is 0.281. The highest BCUT2D eigenvalue weighted by Gasteiger charge is 2.23. The number of fused-ring (bicyclic) bond motifs is 4. The summed E-state index contributed by atoms with van der Waals surface area (Å²) in [4.78, 5) is 23.6. The fourth-order valence-corrected chi connectivity index (χ4v) is 5.93. The minimum Gasteiger partial charge on any atom is -0.454 e. The molecule has 1 atom stereocenters. The summed E-state index contributed by atoms with van der Waals surface area (Å²) < 4.78 is 10.6. The molecule has 0 spiro atoms. The van der Waals surface area contributed by atoms with Gasteiger partial charge in [-0.25, -0.2) is 15.4 Å². The van der Waals surface area contributed by atoms with Crippen LogP contribution in [0.5, 0.6) is 11.5 Å². The van der Waals surface area contributed by atoms with Gasteiger partial charge in [0.15, 0.2) is 11.5 Å². The van der Waals surface area contributed by atoms with Crippen molar-refractivity contribution in [2.75, 3.05) is 12.5 Å². The molecule has 0 fully saturated rings. The molecular weight excluding hydrogens is 420 g/mol. The number of aryl methyl sites for hydroxylation is 1. The molecule has 1 aliphatic heterocycles. The maximum Gasteiger partial charge on any atom is 0.250 e. The molecule has 0 radical (unpaired) electrons. The number of aromatic nitrogens is 2. The largest absolute Gasteiger partial charge is 0.454 e. The summed E-state index contributed by atoms with van der Waals surface area (Å²) in [5, 5.41) is 6.05. The number of thioether (sulfide) groups is 1. The molecule has 0 saturated heterocycles. The molecule has 1 amide bonds. The number of amides is 1. The smallest absolute Gasteiger partial charge is 0.250 e. The van der Waals surface area contributed by atoms with E-state index < -0.39 is 0 Å². The molecule has 1 N–H and O–H groups in total. The molecule has 7 nitrogen and oxygen atoms in total. The Hall–Kier alpha value is -2.65. The second-order valence-corrected chi connectivity index (χ2v) is 9.45. The van der Waals surface area contributed by atoms with Crippen molar-refractivity contribution in [3.05, 3.63) is 40.5 Å². The summed E-state index contributed by atoms with van der Waals surface area (Å²) >= 11 is 3.20. The van der Waals surface area contributed by atoms with Crippen molar-refractivity contribution in [2.45, 2.75) is 31.2 Å². The van der Waals surface area contributed by atoms with Crippen LogP contribution in [0.1, 0.15) is 29.3 Å². The monoisotopic (exact) mass is 440 g/mol. The van der Waals surface area contributed by atoms with E-state index in [0.717, 1.165) is 33.6 Å². The molecular formula is C21H20N4O3S2. The Morgan fingerprint density at radius 3 is 3.20 bits per heavy atom. The lowest BCUT2D eigenvalue weighted by molar-refractivity contribution is -0.118. The van der Waals surface area contributed by atoms with E-state index in [1.807, 2.05) is 18.2 Å². The SMILES string of the molecule is CC1CCc2c(sc3ncnc(SCC(=O)N/N=C\c4ccc5c(c4)OCO5)c23)C1. The number of carbonyl (C=O) groups is 1. The number of thiophene rings is 1. The molecule has 0 bridgehead atoms. The van der Waals surface area contributed by atoms with Crippen molar-refractivity contribution in [1.82, 2.24) is 15.4 Å². The second-order valence-electron chi connectivity index (χ2n) is 7.41. The van der Waals surface area contributed by atoms with Crippen LogP contribution in [0, 0.1) is 5.92 Å². The first kappa shape index (κ1) is 19.3. The first-order valence-corrected chi connectivity index (χ1v) is 11.6. The van der Waals surface area contributed by atoms with Crippen molar-refractivity contribution >= 4 is 45.4 Å². The Morgan fingerprint density at radius 1 is 1.37 bits per heavy atom. The zero-order valence-electron chi connectivity index (χ0n) is 16.4. The van der Waals surface area contributed by atoms with Gasteiger partial charge in [-0.2, -0.15) is 5.10 Å². The minimum absolute atomic E-state index is 0.179. The van der Waals surface area contributed by atoms with Crippen molar-refractivity contribution in [2.24, 2.45) is 11.0 Å². The van der Waals surface area contributed by atoms with Gasteiger partial charge < -0.3 is 9.47 Å². The normalized spacial score (nSPS) is 17.4. The summed E-state index contributed by atoms with van der Waals surface area (Å²) in [6.07, 6.45) is 6.53. The van der Waals surface area contributed by atoms with Crippen LogP contribution in [0.3, 0.4) is 0 Å². The molecule has 5 rings (SSSR count). The van der Waals surface area contributed by atoms with Gasteiger partial charge in [0.2, 0.25) is 12.7 Å². The zero-order chi connectivity index (χ0) is 20.5. The average molecular weight is 441 g/mol. The van der Waals surface area contributed by atoms with E-state index in [-0.39, 0.29) is 18.5 Å². The van der Waals surface area contributed by atoms with Gasteiger partial charge in [0, 0.05) is 10.3 Å². The number of hydrogen-bond donors (Lipinski definition) is 1. The number of hydrogen-bond acceptors (Lipinski definition) is 8. The Kier molecular flexibility index (Phi) is 5.30. The fraction of sp³-hybridized carbons (Fsp3) is 0.333. The van der Waals surface area contributed by atoms with E-state index in [4.69, 9.17) is 9.47 Å². The molecule has 1 aromatic carbocycles. The number of rotatable bonds is 5. The Labute approximate surface area is 181 Å². The standard InChI is InChI=1S/C21H20N4O3S2/c1-12-2-4-14-17(6-12)30-21-19(14)20(22-10-23-21)29-9-18(26)25-24-8-13-3-5-15-16(7-13)28-11-27-15/h3,5,7-8,10,12H,2,4,6,9,11H2,1H3,(H,25,26)/b24-8-. The van der Waals surface area contributed by atoms with Gasteiger partial charge in [0.05, 0.1) is 12.0 Å². The molecule has 1 aliphatic carbocycles. The summed E-state index contributed by atoms with van der Waals surface area (Å²) in [6.45, 7) is 2.52. The Morgan fingerprint density at radius 2 is 2.27 bits per heavy atom. The van der Waals surface area contributed by atoms with Gasteiger partial charge in [-0.15, -0.1) is 11.3 Å². The van der Waals surface area contributed by atoms with Crippen LogP contribution in [0.4, 0.5) is 0 Å². The first-order valence-electron chi connectivity index (χ1n) is 9.77. The zero-order valence-corrected chi connectivity index (χ0v) is 18.0. The van der Waals surface area contributed by atoms with Crippen LogP contribution >= 0.6 is 23.1 Å². The highest BCUT2D eigenvalue weighted by Crippen LogP contribution is 2.40. The van der Waals surface area contributed by atoms with Crippen LogP contribution in [0.15, 0.2) is 34.7 Å². The van der Waals surface area contributed by atoms with Crippen molar-refractivity contribution in [3.8, 4) is 11.5 Å². The van der Waals surface area contributed by atoms with Crippen LogP contribution in [0.2, 0.25) is 0 Å². The predicted octanol–water partition coefficient (Wildman–Crippen LogP) is 3.79. The van der Waals surface area contributed by atoms with Gasteiger partial charge in [-0.3, -0.25) is 4.79 Å². The highest BCUT2D eigenvalue weighted by atomic mass is 32.2. The van der Waals surface area contributed by atoms with Crippen molar-refractivity contribution in [1.29, 1.82) is 0 Å².